The summed E-state index contributed by atoms with van der Waals surface area (Å²) in [7, 11) is 0. The quantitative estimate of drug-likeness (QED) is 0.427. The summed E-state index contributed by atoms with van der Waals surface area (Å²) in [5.74, 6) is 0. The third-order valence-corrected chi connectivity index (χ3v) is 0. The van der Waals surface area contributed by atoms with Crippen LogP contribution in [0.4, 0.5) is 25.8 Å². The molecule has 0 rings (SSSR count). The van der Waals surface area contributed by atoms with Crippen LogP contribution in [0.2, 0.25) is 0 Å². The van der Waals surface area contributed by atoms with Gasteiger partial charge in [0.2, 0.25) is 0 Å². The molecular formula is H3Al2F7Na2. The first-order valence-electron chi connectivity index (χ1n) is 1.31. The second-order valence-corrected chi connectivity index (χ2v) is 1.48. The molecule has 60 valence electrons. The SMILES string of the molecule is F.[F][Al]([F])[F].[F][Al]([F])[F].[NaH].[NaH]. The molecule has 0 aliphatic heterocycles. The van der Waals surface area contributed by atoms with E-state index in [0.717, 1.165) is 0 Å². The van der Waals surface area contributed by atoms with Crippen molar-refractivity contribution in [2.24, 2.45) is 0 Å². The van der Waals surface area contributed by atoms with Crippen molar-refractivity contribution in [3.63, 3.8) is 0 Å². The summed E-state index contributed by atoms with van der Waals surface area (Å²) in [5.41, 5.74) is 0. The van der Waals surface area contributed by atoms with Crippen LogP contribution in [0.1, 0.15) is 0 Å². The zero-order valence-electron chi connectivity index (χ0n) is 3.83. The van der Waals surface area contributed by atoms with Crippen LogP contribution >= 0.6 is 0 Å². The Labute approximate surface area is 114 Å². The predicted molar refractivity (Wildman–Crippen MR) is 35.0 cm³/mol. The third-order valence-electron chi connectivity index (χ3n) is 0. The number of halogens is 7. The summed E-state index contributed by atoms with van der Waals surface area (Å²) in [6.07, 6.45) is 0. The van der Waals surface area contributed by atoms with Gasteiger partial charge in [-0.25, -0.2) is 0 Å². The Hall–Kier alpha value is 2.57. The normalized spacial score (nSPS) is 4.91. The van der Waals surface area contributed by atoms with E-state index in [0.29, 0.717) is 0 Å². The minimum atomic E-state index is -4.64. The Bertz CT molecular complexity index is 29.9. The Balaban J connectivity index is -0.0000000171. The van der Waals surface area contributed by atoms with Crippen LogP contribution < -0.4 is 0 Å². The molecule has 0 bridgehead atoms. The van der Waals surface area contributed by atoms with E-state index in [1.807, 2.05) is 0 Å². The van der Waals surface area contributed by atoms with Crippen LogP contribution in [0, 0.1) is 0 Å². The molecule has 0 aromatic heterocycles. The molecule has 0 aliphatic rings. The molecule has 0 fully saturated rings. The molecule has 11 heavy (non-hydrogen) atoms. The topological polar surface area (TPSA) is 0 Å². The van der Waals surface area contributed by atoms with Crippen LogP contribution in [0.25, 0.3) is 0 Å². The molecule has 0 heterocycles. The molecule has 0 aromatic carbocycles. The van der Waals surface area contributed by atoms with E-state index in [2.05, 4.69) is 0 Å². The summed E-state index contributed by atoms with van der Waals surface area (Å²) < 4.78 is 58.8. The van der Waals surface area contributed by atoms with Crippen molar-refractivity contribution in [1.29, 1.82) is 0 Å². The first-order valence-corrected chi connectivity index (χ1v) is 3.93. The Morgan fingerprint density at radius 2 is 0.545 bits per heavy atom. The van der Waals surface area contributed by atoms with Crippen molar-refractivity contribution in [2.75, 3.05) is 0 Å². The van der Waals surface area contributed by atoms with E-state index >= 15 is 0 Å². The summed E-state index contributed by atoms with van der Waals surface area (Å²) >= 11 is -9.28. The van der Waals surface area contributed by atoms with Gasteiger partial charge >= 0.3 is 90.2 Å². The Kier molecular flexibility index (Phi) is 60.8. The van der Waals surface area contributed by atoms with E-state index in [4.69, 9.17) is 0 Å². The van der Waals surface area contributed by atoms with Gasteiger partial charge in [-0.1, -0.05) is 0 Å². The van der Waals surface area contributed by atoms with Gasteiger partial charge < -0.3 is 21.1 Å². The van der Waals surface area contributed by atoms with Gasteiger partial charge in [-0.2, -0.15) is 0 Å². The molecule has 0 unspecified atom stereocenters. The maximum absolute atomic E-state index is 9.81. The monoisotopic (exact) mass is 236 g/mol. The maximum atomic E-state index is 9.81. The van der Waals surface area contributed by atoms with E-state index < -0.39 is 31.1 Å². The van der Waals surface area contributed by atoms with Crippen molar-refractivity contribution < 1.29 is 25.8 Å². The van der Waals surface area contributed by atoms with Gasteiger partial charge in [0.05, 0.1) is 0 Å². The molecule has 0 N–H and O–H groups in total. The average molecular weight is 236 g/mol. The molecule has 0 radical (unpaired) electrons. The molecule has 0 atom stereocenters. The van der Waals surface area contributed by atoms with Crippen molar-refractivity contribution in [3.8, 4) is 0 Å². The van der Waals surface area contributed by atoms with E-state index in [-0.39, 0.29) is 63.8 Å². The predicted octanol–water partition coefficient (Wildman–Crippen LogP) is 0.615. The first kappa shape index (κ1) is 29.2. The second-order valence-electron chi connectivity index (χ2n) is 0.495. The minimum absolute atomic E-state index is 0. The molecule has 0 aromatic rings. The first-order chi connectivity index (χ1) is 3.46. The van der Waals surface area contributed by atoms with Crippen molar-refractivity contribution in [3.05, 3.63) is 0 Å². The summed E-state index contributed by atoms with van der Waals surface area (Å²) in [6.45, 7) is 0. The van der Waals surface area contributed by atoms with Crippen LogP contribution in [-0.4, -0.2) is 90.2 Å². The van der Waals surface area contributed by atoms with Crippen LogP contribution in [0.5, 0.6) is 0 Å². The van der Waals surface area contributed by atoms with E-state index in [9.17, 15) is 21.1 Å². The van der Waals surface area contributed by atoms with Crippen molar-refractivity contribution in [1.82, 2.24) is 0 Å². The van der Waals surface area contributed by atoms with Gasteiger partial charge in [0.25, 0.3) is 0 Å². The van der Waals surface area contributed by atoms with Crippen LogP contribution in [-0.2, 0) is 0 Å². The fraction of sp³-hybridized carbons (Fsp3) is 0. The molecule has 11 heteroatoms. The van der Waals surface area contributed by atoms with Gasteiger partial charge in [0.1, 0.15) is 0 Å². The molecule has 0 spiro atoms. The molecule has 0 saturated carbocycles. The molecule has 0 amide bonds. The summed E-state index contributed by atoms with van der Waals surface area (Å²) in [6, 6.07) is 0. The van der Waals surface area contributed by atoms with Crippen molar-refractivity contribution in [2.45, 2.75) is 0 Å². The average Bonchev–Trinajstić information content (AvgIpc) is 1.25. The zero-order chi connectivity index (χ0) is 7.15. The summed E-state index contributed by atoms with van der Waals surface area (Å²) in [5, 5.41) is 0. The summed E-state index contributed by atoms with van der Waals surface area (Å²) in [4.78, 5) is 0. The van der Waals surface area contributed by atoms with Gasteiger partial charge in [-0.05, 0) is 0 Å². The van der Waals surface area contributed by atoms with Gasteiger partial charge in [0.15, 0.2) is 0 Å². The standard InChI is InChI=1S/2Al.7FH.2Na.2H/h;;7*1H;;;;/q2*+3;;;;;;;;;;;/p-6. The Morgan fingerprint density at radius 1 is 0.545 bits per heavy atom. The van der Waals surface area contributed by atoms with Gasteiger partial charge in [-0.15, -0.1) is 0 Å². The van der Waals surface area contributed by atoms with E-state index in [1.54, 1.807) is 0 Å². The van der Waals surface area contributed by atoms with Crippen LogP contribution in [0.15, 0.2) is 0 Å². The van der Waals surface area contributed by atoms with Crippen LogP contribution in [0.3, 0.4) is 0 Å². The molecule has 0 nitrogen and oxygen atoms in total. The number of rotatable bonds is 0. The second kappa shape index (κ2) is 22.9. The molecule has 0 saturated heterocycles. The van der Waals surface area contributed by atoms with Gasteiger partial charge in [-0.3, -0.25) is 4.70 Å². The number of hydrogen-bond donors (Lipinski definition) is 0. The molecular weight excluding hydrogens is 233 g/mol. The molecule has 0 aliphatic carbocycles. The fourth-order valence-electron chi connectivity index (χ4n) is 0. The van der Waals surface area contributed by atoms with Gasteiger partial charge in [0, 0.05) is 0 Å². The van der Waals surface area contributed by atoms with Crippen molar-refractivity contribution >= 4 is 90.2 Å². The fourth-order valence-corrected chi connectivity index (χ4v) is 0. The Morgan fingerprint density at radius 3 is 0.545 bits per heavy atom. The van der Waals surface area contributed by atoms with E-state index in [1.165, 1.54) is 0 Å². The number of hydrogen-bond acceptors (Lipinski definition) is 0. The third kappa shape index (κ3) is 212. The zero-order valence-corrected chi connectivity index (χ0v) is 6.14.